The second kappa shape index (κ2) is 9.78. The Labute approximate surface area is 123 Å². The smallest absolute Gasteiger partial charge is 0.115 e. The number of hydrogen-bond donors (Lipinski definition) is 2. The summed E-state index contributed by atoms with van der Waals surface area (Å²) in [6.07, 6.45) is 4.79. The maximum absolute atomic E-state index is 9.23. The molecule has 0 radical (unpaired) electrons. The van der Waals surface area contributed by atoms with Crippen LogP contribution in [0.15, 0.2) is 24.3 Å². The van der Waals surface area contributed by atoms with E-state index >= 15 is 0 Å². The Kier molecular flexibility index (Phi) is 8.31. The molecule has 3 heteroatoms. The summed E-state index contributed by atoms with van der Waals surface area (Å²) in [7, 11) is 0. The molecular formula is C17H29NO2. The van der Waals surface area contributed by atoms with Gasteiger partial charge in [-0.3, -0.25) is 0 Å². The number of nitrogens with one attached hydrogen (secondary N) is 1. The molecule has 1 rings (SSSR count). The van der Waals surface area contributed by atoms with Crippen LogP contribution in [0.25, 0.3) is 0 Å². The van der Waals surface area contributed by atoms with Gasteiger partial charge < -0.3 is 15.2 Å². The number of benzene rings is 1. The van der Waals surface area contributed by atoms with E-state index in [9.17, 15) is 5.11 Å². The van der Waals surface area contributed by atoms with Gasteiger partial charge in [-0.15, -0.1) is 0 Å². The molecule has 0 saturated carbocycles. The van der Waals surface area contributed by atoms with Crippen LogP contribution in [0, 0.1) is 0 Å². The second-order valence-corrected chi connectivity index (χ2v) is 5.69. The summed E-state index contributed by atoms with van der Waals surface area (Å²) in [5.41, 5.74) is 1.28. The number of rotatable bonds is 10. The van der Waals surface area contributed by atoms with Crippen molar-refractivity contribution in [2.24, 2.45) is 0 Å². The Balaban J connectivity index is 2.03. The number of hydrogen-bond acceptors (Lipinski definition) is 3. The highest BCUT2D eigenvalue weighted by molar-refractivity contribution is 5.25. The zero-order valence-electron chi connectivity index (χ0n) is 13.1. The van der Waals surface area contributed by atoms with Crippen molar-refractivity contribution in [3.63, 3.8) is 0 Å². The van der Waals surface area contributed by atoms with Crippen LogP contribution in [0.5, 0.6) is 5.75 Å². The van der Waals surface area contributed by atoms with E-state index in [4.69, 9.17) is 4.74 Å². The van der Waals surface area contributed by atoms with Gasteiger partial charge in [-0.25, -0.2) is 0 Å². The molecule has 0 aliphatic heterocycles. The Morgan fingerprint density at radius 3 is 2.45 bits per heavy atom. The molecule has 0 saturated heterocycles. The molecule has 0 spiro atoms. The molecule has 0 bridgehead atoms. The number of phenolic OH excluding ortho intramolecular Hbond substituents is 1. The molecule has 1 aromatic carbocycles. The average molecular weight is 279 g/mol. The highest BCUT2D eigenvalue weighted by Crippen LogP contribution is 2.11. The van der Waals surface area contributed by atoms with E-state index in [-0.39, 0.29) is 0 Å². The average Bonchev–Trinajstić information content (AvgIpc) is 2.41. The van der Waals surface area contributed by atoms with E-state index in [0.29, 0.717) is 17.9 Å². The molecule has 2 N–H and O–H groups in total. The van der Waals surface area contributed by atoms with Crippen molar-refractivity contribution < 1.29 is 9.84 Å². The Hall–Kier alpha value is -1.06. The van der Waals surface area contributed by atoms with Crippen LogP contribution in [0.3, 0.4) is 0 Å². The van der Waals surface area contributed by atoms with Crippen molar-refractivity contribution in [2.75, 3.05) is 13.2 Å². The Morgan fingerprint density at radius 2 is 1.80 bits per heavy atom. The molecule has 0 fully saturated rings. The molecule has 0 aliphatic carbocycles. The maximum Gasteiger partial charge on any atom is 0.115 e. The summed E-state index contributed by atoms with van der Waals surface area (Å²) in [4.78, 5) is 0. The number of aryl methyl sites for hydroxylation is 1. The minimum absolute atomic E-state index is 0.337. The topological polar surface area (TPSA) is 41.5 Å². The number of phenols is 1. The maximum atomic E-state index is 9.23. The monoisotopic (exact) mass is 279 g/mol. The van der Waals surface area contributed by atoms with Gasteiger partial charge in [0, 0.05) is 12.6 Å². The molecule has 114 valence electrons. The van der Waals surface area contributed by atoms with Crippen LogP contribution < -0.4 is 5.32 Å². The fraction of sp³-hybridized carbons (Fsp3) is 0.647. The van der Waals surface area contributed by atoms with Crippen LogP contribution in [0.2, 0.25) is 0 Å². The summed E-state index contributed by atoms with van der Waals surface area (Å²) in [6.45, 7) is 8.29. The third kappa shape index (κ3) is 8.18. The molecule has 20 heavy (non-hydrogen) atoms. The first-order chi connectivity index (χ1) is 9.58. The lowest BCUT2D eigenvalue weighted by Crippen LogP contribution is -2.27. The van der Waals surface area contributed by atoms with Crippen molar-refractivity contribution in [3.05, 3.63) is 29.8 Å². The second-order valence-electron chi connectivity index (χ2n) is 5.69. The van der Waals surface area contributed by atoms with Crippen LogP contribution in [-0.2, 0) is 11.2 Å². The molecule has 0 heterocycles. The summed E-state index contributed by atoms with van der Waals surface area (Å²) in [6, 6.07) is 8.01. The molecule has 1 atom stereocenters. The normalized spacial score (nSPS) is 12.8. The molecule has 1 aromatic rings. The molecule has 1 unspecified atom stereocenters. The van der Waals surface area contributed by atoms with Gasteiger partial charge in [0.2, 0.25) is 0 Å². The summed E-state index contributed by atoms with van der Waals surface area (Å²) < 4.78 is 5.52. The van der Waals surface area contributed by atoms with Crippen molar-refractivity contribution >= 4 is 0 Å². The van der Waals surface area contributed by atoms with Crippen molar-refractivity contribution in [1.82, 2.24) is 5.32 Å². The summed E-state index contributed by atoms with van der Waals surface area (Å²) in [5.74, 6) is 0.337. The number of unbranched alkanes of at least 4 members (excludes halogenated alkanes) is 1. The van der Waals surface area contributed by atoms with Gasteiger partial charge in [0.05, 0.1) is 6.10 Å². The van der Waals surface area contributed by atoms with Crippen LogP contribution in [0.4, 0.5) is 0 Å². The van der Waals surface area contributed by atoms with E-state index in [2.05, 4.69) is 26.1 Å². The summed E-state index contributed by atoms with van der Waals surface area (Å²) >= 11 is 0. The Morgan fingerprint density at radius 1 is 1.10 bits per heavy atom. The fourth-order valence-corrected chi connectivity index (χ4v) is 2.04. The van der Waals surface area contributed by atoms with Gasteiger partial charge in [0.1, 0.15) is 5.75 Å². The van der Waals surface area contributed by atoms with E-state index in [1.165, 1.54) is 5.56 Å². The standard InChI is InChI=1S/C17H29NO2/c1-14(2)20-13-5-4-12-18-15(3)6-7-16-8-10-17(19)11-9-16/h8-11,14-15,18-19H,4-7,12-13H2,1-3H3. The largest absolute Gasteiger partial charge is 0.508 e. The third-order valence-corrected chi connectivity index (χ3v) is 3.32. The first-order valence-corrected chi connectivity index (χ1v) is 7.71. The minimum Gasteiger partial charge on any atom is -0.508 e. The SMILES string of the molecule is CC(CCc1ccc(O)cc1)NCCCCOC(C)C. The lowest BCUT2D eigenvalue weighted by Gasteiger charge is -2.14. The predicted molar refractivity (Wildman–Crippen MR) is 84.2 cm³/mol. The quantitative estimate of drug-likeness (QED) is 0.644. The van der Waals surface area contributed by atoms with Crippen molar-refractivity contribution in [3.8, 4) is 5.75 Å². The van der Waals surface area contributed by atoms with Crippen LogP contribution in [0.1, 0.15) is 45.6 Å². The van der Waals surface area contributed by atoms with Gasteiger partial charge in [-0.1, -0.05) is 12.1 Å². The molecule has 0 amide bonds. The van der Waals surface area contributed by atoms with Crippen LogP contribution in [-0.4, -0.2) is 30.4 Å². The first-order valence-electron chi connectivity index (χ1n) is 7.71. The van der Waals surface area contributed by atoms with Crippen molar-refractivity contribution in [1.29, 1.82) is 0 Å². The predicted octanol–water partition coefficient (Wildman–Crippen LogP) is 3.51. The first kappa shape index (κ1) is 17.0. The van der Waals surface area contributed by atoms with Gasteiger partial charge in [-0.2, -0.15) is 0 Å². The van der Waals surface area contributed by atoms with E-state index < -0.39 is 0 Å². The van der Waals surface area contributed by atoms with E-state index in [1.807, 2.05) is 12.1 Å². The summed E-state index contributed by atoms with van der Waals surface area (Å²) in [5, 5.41) is 12.8. The van der Waals surface area contributed by atoms with Gasteiger partial charge in [-0.05, 0) is 70.7 Å². The zero-order valence-corrected chi connectivity index (χ0v) is 13.1. The lowest BCUT2D eigenvalue weighted by atomic mass is 10.1. The van der Waals surface area contributed by atoms with Gasteiger partial charge >= 0.3 is 0 Å². The van der Waals surface area contributed by atoms with E-state index in [1.54, 1.807) is 12.1 Å². The molecule has 3 nitrogen and oxygen atoms in total. The number of ether oxygens (including phenoxy) is 1. The molecule has 0 aromatic heterocycles. The zero-order chi connectivity index (χ0) is 14.8. The number of aromatic hydroxyl groups is 1. The van der Waals surface area contributed by atoms with Gasteiger partial charge in [0.15, 0.2) is 0 Å². The molecular weight excluding hydrogens is 250 g/mol. The molecule has 0 aliphatic rings. The van der Waals surface area contributed by atoms with E-state index in [0.717, 1.165) is 38.8 Å². The van der Waals surface area contributed by atoms with Crippen molar-refractivity contribution in [2.45, 2.75) is 58.6 Å². The fourth-order valence-electron chi connectivity index (χ4n) is 2.04. The Bertz CT molecular complexity index is 349. The van der Waals surface area contributed by atoms with Gasteiger partial charge in [0.25, 0.3) is 0 Å². The highest BCUT2D eigenvalue weighted by atomic mass is 16.5. The minimum atomic E-state index is 0.337. The highest BCUT2D eigenvalue weighted by Gasteiger charge is 2.02. The third-order valence-electron chi connectivity index (χ3n) is 3.32. The lowest BCUT2D eigenvalue weighted by molar-refractivity contribution is 0.0759. The van der Waals surface area contributed by atoms with Crippen LogP contribution >= 0.6 is 0 Å².